The van der Waals surface area contributed by atoms with Crippen LogP contribution < -0.4 is 9.80 Å². The minimum absolute atomic E-state index is 0.194. The smallest absolute Gasteiger partial charge is 0.0465 e. The first-order valence-corrected chi connectivity index (χ1v) is 17.9. The number of hydrogen-bond donors (Lipinski definition) is 0. The van der Waals surface area contributed by atoms with Crippen LogP contribution in [0.25, 0.3) is 22.3 Å². The molecule has 250 valence electrons. The molecule has 8 rings (SSSR count). The van der Waals surface area contributed by atoms with Gasteiger partial charge >= 0.3 is 0 Å². The maximum Gasteiger partial charge on any atom is 0.0465 e. The summed E-state index contributed by atoms with van der Waals surface area (Å²) in [6.07, 6.45) is 7.99. The standard InChI is InChI=1S/C49H44N2/c1-7-8-12-19-34(2)50(35-20-13-9-14-21-35)38-26-28-40-42-30-31-43-41-29-27-39(51(36-22-15-10-16-23-36)37-24-17-11-18-25-37)33-45(41)49(5,6)47(43)46(42)48(3,4)44(40)32-38/h7-33H,1H2,2-6H3/b12-8-,34-19+. The van der Waals surface area contributed by atoms with Gasteiger partial charge in [0.05, 0.1) is 0 Å². The molecule has 0 atom stereocenters. The van der Waals surface area contributed by atoms with E-state index in [-0.39, 0.29) is 10.8 Å². The van der Waals surface area contributed by atoms with Crippen LogP contribution in [0.15, 0.2) is 176 Å². The van der Waals surface area contributed by atoms with Crippen molar-refractivity contribution in [3.63, 3.8) is 0 Å². The van der Waals surface area contributed by atoms with E-state index in [2.05, 4.69) is 203 Å². The minimum Gasteiger partial charge on any atom is -0.315 e. The number of rotatable bonds is 8. The van der Waals surface area contributed by atoms with Gasteiger partial charge in [0, 0.05) is 45.0 Å². The van der Waals surface area contributed by atoms with Crippen molar-refractivity contribution in [2.24, 2.45) is 0 Å². The molecule has 0 spiro atoms. The third kappa shape index (κ3) is 5.25. The molecule has 0 heterocycles. The number of hydrogen-bond acceptors (Lipinski definition) is 2. The quantitative estimate of drug-likeness (QED) is 0.150. The second-order valence-corrected chi connectivity index (χ2v) is 14.7. The molecule has 0 saturated carbocycles. The van der Waals surface area contributed by atoms with Crippen LogP contribution in [-0.4, -0.2) is 0 Å². The Balaban J connectivity index is 1.24. The van der Waals surface area contributed by atoms with Crippen LogP contribution in [0, 0.1) is 0 Å². The van der Waals surface area contributed by atoms with E-state index in [1.165, 1.54) is 50.2 Å². The Morgan fingerprint density at radius 3 is 1.41 bits per heavy atom. The fraction of sp³-hybridized carbons (Fsp3) is 0.143. The van der Waals surface area contributed by atoms with Gasteiger partial charge in [-0.3, -0.25) is 0 Å². The molecule has 6 aromatic rings. The highest BCUT2D eigenvalue weighted by Crippen LogP contribution is 2.60. The largest absolute Gasteiger partial charge is 0.315 e. The lowest BCUT2D eigenvalue weighted by Gasteiger charge is -2.32. The molecule has 0 radical (unpaired) electrons. The van der Waals surface area contributed by atoms with Crippen molar-refractivity contribution < 1.29 is 0 Å². The molecular weight excluding hydrogens is 617 g/mol. The molecule has 0 bridgehead atoms. The summed E-state index contributed by atoms with van der Waals surface area (Å²) < 4.78 is 0. The van der Waals surface area contributed by atoms with Gasteiger partial charge in [-0.25, -0.2) is 0 Å². The number of allylic oxidation sites excluding steroid dienone is 5. The zero-order chi connectivity index (χ0) is 35.3. The van der Waals surface area contributed by atoms with Gasteiger partial charge in [0.1, 0.15) is 0 Å². The van der Waals surface area contributed by atoms with Gasteiger partial charge in [-0.2, -0.15) is 0 Å². The highest BCUT2D eigenvalue weighted by molar-refractivity contribution is 5.93. The summed E-state index contributed by atoms with van der Waals surface area (Å²) in [7, 11) is 0. The van der Waals surface area contributed by atoms with Crippen molar-refractivity contribution in [3.05, 3.63) is 198 Å². The van der Waals surface area contributed by atoms with Crippen molar-refractivity contribution in [1.82, 2.24) is 0 Å². The Hall–Kier alpha value is -5.86. The van der Waals surface area contributed by atoms with Crippen LogP contribution in [0.5, 0.6) is 0 Å². The van der Waals surface area contributed by atoms with Crippen LogP contribution in [0.4, 0.5) is 28.4 Å². The summed E-state index contributed by atoms with van der Waals surface area (Å²) in [6, 6.07) is 50.9. The van der Waals surface area contributed by atoms with Gasteiger partial charge in [-0.15, -0.1) is 0 Å². The number of benzene rings is 6. The number of fused-ring (bicyclic) bond motifs is 7. The monoisotopic (exact) mass is 660 g/mol. The Bertz CT molecular complexity index is 2290. The maximum atomic E-state index is 3.85. The predicted octanol–water partition coefficient (Wildman–Crippen LogP) is 13.6. The number of para-hydroxylation sites is 3. The van der Waals surface area contributed by atoms with Crippen LogP contribution >= 0.6 is 0 Å². The fourth-order valence-corrected chi connectivity index (χ4v) is 8.55. The molecule has 2 heteroatoms. The highest BCUT2D eigenvalue weighted by Gasteiger charge is 2.46. The molecule has 0 aromatic heterocycles. The number of anilines is 5. The maximum absolute atomic E-state index is 3.85. The van der Waals surface area contributed by atoms with Gasteiger partial charge in [0.15, 0.2) is 0 Å². The van der Waals surface area contributed by atoms with Crippen LogP contribution in [0.1, 0.15) is 56.9 Å². The molecular formula is C49H44N2. The Kier molecular flexibility index (Phi) is 7.91. The lowest BCUT2D eigenvalue weighted by molar-refractivity contribution is 0.601. The van der Waals surface area contributed by atoms with Gasteiger partial charge in [-0.05, 0) is 118 Å². The molecule has 0 amide bonds. The molecule has 6 aromatic carbocycles. The molecule has 0 saturated heterocycles. The number of nitrogens with zero attached hydrogens (tertiary/aromatic N) is 2. The lowest BCUT2D eigenvalue weighted by atomic mass is 9.72. The van der Waals surface area contributed by atoms with E-state index < -0.39 is 0 Å². The molecule has 2 nitrogen and oxygen atoms in total. The van der Waals surface area contributed by atoms with Gasteiger partial charge in [-0.1, -0.05) is 131 Å². The molecule has 0 aliphatic heterocycles. The van der Waals surface area contributed by atoms with Crippen LogP contribution in [-0.2, 0) is 10.8 Å². The molecule has 0 unspecified atom stereocenters. The normalized spacial score (nSPS) is 14.8. The van der Waals surface area contributed by atoms with Crippen LogP contribution in [0.2, 0.25) is 0 Å². The molecule has 0 N–H and O–H groups in total. The second-order valence-electron chi connectivity index (χ2n) is 14.7. The van der Waals surface area contributed by atoms with Crippen molar-refractivity contribution in [3.8, 4) is 22.3 Å². The van der Waals surface area contributed by atoms with E-state index in [4.69, 9.17) is 0 Å². The van der Waals surface area contributed by atoms with Gasteiger partial charge in [0.25, 0.3) is 0 Å². The summed E-state index contributed by atoms with van der Waals surface area (Å²) in [5.74, 6) is 0. The SMILES string of the molecule is C=C/C=C\C=C(/C)N(c1ccccc1)c1ccc2c(c1)C(C)(C)c1c-2ccc2c1C(C)(C)c1cc(N(c3ccccc3)c3ccccc3)ccc1-2. The topological polar surface area (TPSA) is 6.48 Å². The Labute approximate surface area is 303 Å². The van der Waals surface area contributed by atoms with Crippen molar-refractivity contribution in [2.45, 2.75) is 45.4 Å². The predicted molar refractivity (Wildman–Crippen MR) is 218 cm³/mol. The van der Waals surface area contributed by atoms with Crippen molar-refractivity contribution in [2.75, 3.05) is 9.80 Å². The Morgan fingerprint density at radius 1 is 0.490 bits per heavy atom. The fourth-order valence-electron chi connectivity index (χ4n) is 8.55. The van der Waals surface area contributed by atoms with E-state index in [0.29, 0.717) is 0 Å². The summed E-state index contributed by atoms with van der Waals surface area (Å²) in [5, 5.41) is 0. The summed E-state index contributed by atoms with van der Waals surface area (Å²) in [5.41, 5.74) is 17.5. The lowest BCUT2D eigenvalue weighted by Crippen LogP contribution is -2.24. The third-order valence-electron chi connectivity index (χ3n) is 10.9. The van der Waals surface area contributed by atoms with Crippen LogP contribution in [0.3, 0.4) is 0 Å². The zero-order valence-corrected chi connectivity index (χ0v) is 30.2. The average Bonchev–Trinajstić information content (AvgIpc) is 3.52. The second kappa shape index (κ2) is 12.5. The molecule has 51 heavy (non-hydrogen) atoms. The molecule has 0 fully saturated rings. The summed E-state index contributed by atoms with van der Waals surface area (Å²) >= 11 is 0. The summed E-state index contributed by atoms with van der Waals surface area (Å²) in [6.45, 7) is 15.7. The van der Waals surface area contributed by atoms with E-state index in [0.717, 1.165) is 28.4 Å². The third-order valence-corrected chi connectivity index (χ3v) is 10.9. The van der Waals surface area contributed by atoms with E-state index in [1.807, 2.05) is 12.2 Å². The Morgan fingerprint density at radius 2 is 0.922 bits per heavy atom. The summed E-state index contributed by atoms with van der Waals surface area (Å²) in [4.78, 5) is 4.72. The van der Waals surface area contributed by atoms with Gasteiger partial charge < -0.3 is 9.80 Å². The molecule has 2 aliphatic carbocycles. The van der Waals surface area contributed by atoms with Crippen molar-refractivity contribution in [1.29, 1.82) is 0 Å². The van der Waals surface area contributed by atoms with E-state index >= 15 is 0 Å². The first kappa shape index (κ1) is 32.4. The van der Waals surface area contributed by atoms with Gasteiger partial charge in [0.2, 0.25) is 0 Å². The first-order chi connectivity index (χ1) is 24.7. The average molecular weight is 661 g/mol. The van der Waals surface area contributed by atoms with E-state index in [1.54, 1.807) is 0 Å². The van der Waals surface area contributed by atoms with E-state index in [9.17, 15) is 0 Å². The highest BCUT2D eigenvalue weighted by atomic mass is 15.1. The zero-order valence-electron chi connectivity index (χ0n) is 30.2. The molecule has 2 aliphatic rings. The minimum atomic E-state index is -0.197. The first-order valence-electron chi connectivity index (χ1n) is 17.9. The van der Waals surface area contributed by atoms with Crippen molar-refractivity contribution >= 4 is 28.4 Å².